The zero-order valence-electron chi connectivity index (χ0n) is 6.08. The van der Waals surface area contributed by atoms with Gasteiger partial charge in [-0.25, -0.2) is 0 Å². The molecule has 1 aromatic heterocycles. The Morgan fingerprint density at radius 3 is 3.00 bits per heavy atom. The van der Waals surface area contributed by atoms with Crippen LogP contribution in [-0.4, -0.2) is 5.11 Å². The van der Waals surface area contributed by atoms with Gasteiger partial charge in [0.15, 0.2) is 0 Å². The molecule has 1 heterocycles. The van der Waals surface area contributed by atoms with Crippen molar-refractivity contribution in [2.45, 2.75) is 25.9 Å². The van der Waals surface area contributed by atoms with Crippen LogP contribution in [0.3, 0.4) is 0 Å². The maximum Gasteiger partial charge on any atom is 0.0960 e. The van der Waals surface area contributed by atoms with Gasteiger partial charge in [-0.1, -0.05) is 13.3 Å². The lowest BCUT2D eigenvalue weighted by atomic mass is 10.1. The second-order valence-corrected chi connectivity index (χ2v) is 2.36. The van der Waals surface area contributed by atoms with Gasteiger partial charge in [-0.3, -0.25) is 0 Å². The average molecular weight is 140 g/mol. The number of hydrogen-bond acceptors (Lipinski definition) is 2. The van der Waals surface area contributed by atoms with Gasteiger partial charge in [-0.2, -0.15) is 0 Å². The van der Waals surface area contributed by atoms with Crippen molar-refractivity contribution in [3.63, 3.8) is 0 Å². The highest BCUT2D eigenvalue weighted by atomic mass is 16.3. The van der Waals surface area contributed by atoms with E-state index in [0.29, 0.717) is 0 Å². The van der Waals surface area contributed by atoms with E-state index in [1.807, 2.05) is 6.92 Å². The van der Waals surface area contributed by atoms with Gasteiger partial charge >= 0.3 is 0 Å². The molecule has 0 aromatic carbocycles. The molecule has 0 bridgehead atoms. The number of aliphatic hydroxyl groups is 1. The van der Waals surface area contributed by atoms with Gasteiger partial charge in [0.25, 0.3) is 0 Å². The number of furan rings is 1. The van der Waals surface area contributed by atoms with Crippen molar-refractivity contribution >= 4 is 0 Å². The SMILES string of the molecule is CCC[C@H](O)c1ccoc1. The van der Waals surface area contributed by atoms with E-state index < -0.39 is 0 Å². The first-order valence-electron chi connectivity index (χ1n) is 3.54. The summed E-state index contributed by atoms with van der Waals surface area (Å²) in [7, 11) is 0. The molecule has 56 valence electrons. The van der Waals surface area contributed by atoms with Gasteiger partial charge in [0, 0.05) is 5.56 Å². The zero-order chi connectivity index (χ0) is 7.40. The smallest absolute Gasteiger partial charge is 0.0960 e. The Hall–Kier alpha value is -0.760. The number of rotatable bonds is 3. The Balaban J connectivity index is 2.50. The minimum absolute atomic E-state index is 0.344. The maximum absolute atomic E-state index is 9.35. The molecule has 0 spiro atoms. The Morgan fingerprint density at radius 2 is 2.50 bits per heavy atom. The topological polar surface area (TPSA) is 33.4 Å². The maximum atomic E-state index is 9.35. The van der Waals surface area contributed by atoms with Gasteiger partial charge in [-0.15, -0.1) is 0 Å². The van der Waals surface area contributed by atoms with Crippen LogP contribution in [0.4, 0.5) is 0 Å². The molecule has 0 aliphatic rings. The minimum atomic E-state index is -0.344. The van der Waals surface area contributed by atoms with Crippen LogP contribution in [-0.2, 0) is 0 Å². The lowest BCUT2D eigenvalue weighted by Gasteiger charge is -2.03. The Labute approximate surface area is 60.5 Å². The number of aliphatic hydroxyl groups excluding tert-OH is 1. The zero-order valence-corrected chi connectivity index (χ0v) is 6.08. The third kappa shape index (κ3) is 1.61. The summed E-state index contributed by atoms with van der Waals surface area (Å²) in [5.74, 6) is 0. The molecule has 0 saturated heterocycles. The van der Waals surface area contributed by atoms with Crippen LogP contribution < -0.4 is 0 Å². The first-order valence-corrected chi connectivity index (χ1v) is 3.54. The molecule has 0 radical (unpaired) electrons. The quantitative estimate of drug-likeness (QED) is 0.697. The van der Waals surface area contributed by atoms with E-state index in [9.17, 15) is 5.11 Å². The Bertz CT molecular complexity index is 167. The second kappa shape index (κ2) is 3.42. The summed E-state index contributed by atoms with van der Waals surface area (Å²) in [6, 6.07) is 1.79. The Morgan fingerprint density at radius 1 is 1.70 bits per heavy atom. The molecule has 0 fully saturated rings. The molecule has 1 atom stereocenters. The van der Waals surface area contributed by atoms with Gasteiger partial charge in [-0.05, 0) is 12.5 Å². The summed E-state index contributed by atoms with van der Waals surface area (Å²) in [6.07, 6.45) is 4.62. The highest BCUT2D eigenvalue weighted by Gasteiger charge is 2.05. The molecule has 0 unspecified atom stereocenters. The average Bonchev–Trinajstić information content (AvgIpc) is 2.38. The van der Waals surface area contributed by atoms with E-state index in [1.165, 1.54) is 0 Å². The van der Waals surface area contributed by atoms with Crippen molar-refractivity contribution < 1.29 is 9.52 Å². The predicted octanol–water partition coefficient (Wildman–Crippen LogP) is 2.11. The van der Waals surface area contributed by atoms with E-state index in [4.69, 9.17) is 4.42 Å². The summed E-state index contributed by atoms with van der Waals surface area (Å²) >= 11 is 0. The van der Waals surface area contributed by atoms with Crippen LogP contribution in [0, 0.1) is 0 Å². The monoisotopic (exact) mass is 140 g/mol. The van der Waals surface area contributed by atoms with E-state index in [0.717, 1.165) is 18.4 Å². The molecule has 1 rings (SSSR count). The minimum Gasteiger partial charge on any atom is -0.472 e. The highest BCUT2D eigenvalue weighted by Crippen LogP contribution is 2.17. The third-order valence-corrected chi connectivity index (χ3v) is 1.49. The van der Waals surface area contributed by atoms with E-state index in [2.05, 4.69) is 0 Å². The molecule has 0 saturated carbocycles. The summed E-state index contributed by atoms with van der Waals surface area (Å²) in [4.78, 5) is 0. The summed E-state index contributed by atoms with van der Waals surface area (Å²) in [5, 5.41) is 9.35. The van der Waals surface area contributed by atoms with E-state index in [1.54, 1.807) is 18.6 Å². The molecular weight excluding hydrogens is 128 g/mol. The fraction of sp³-hybridized carbons (Fsp3) is 0.500. The van der Waals surface area contributed by atoms with Crippen molar-refractivity contribution in [2.75, 3.05) is 0 Å². The molecule has 2 heteroatoms. The van der Waals surface area contributed by atoms with E-state index in [-0.39, 0.29) is 6.10 Å². The van der Waals surface area contributed by atoms with Gasteiger partial charge in [0.2, 0.25) is 0 Å². The van der Waals surface area contributed by atoms with Crippen molar-refractivity contribution in [3.8, 4) is 0 Å². The van der Waals surface area contributed by atoms with Crippen LogP contribution in [0.1, 0.15) is 31.4 Å². The van der Waals surface area contributed by atoms with Crippen LogP contribution in [0.5, 0.6) is 0 Å². The molecule has 0 aliphatic carbocycles. The molecule has 10 heavy (non-hydrogen) atoms. The van der Waals surface area contributed by atoms with Crippen molar-refractivity contribution in [3.05, 3.63) is 24.2 Å². The first kappa shape index (κ1) is 7.35. The lowest BCUT2D eigenvalue weighted by Crippen LogP contribution is -1.93. The molecule has 1 N–H and O–H groups in total. The number of hydrogen-bond donors (Lipinski definition) is 1. The van der Waals surface area contributed by atoms with Crippen LogP contribution >= 0.6 is 0 Å². The molecule has 1 aromatic rings. The van der Waals surface area contributed by atoms with Gasteiger partial charge in [0.1, 0.15) is 0 Å². The lowest BCUT2D eigenvalue weighted by molar-refractivity contribution is 0.165. The predicted molar refractivity (Wildman–Crippen MR) is 38.6 cm³/mol. The molecule has 0 amide bonds. The summed E-state index contributed by atoms with van der Waals surface area (Å²) in [6.45, 7) is 2.04. The largest absolute Gasteiger partial charge is 0.472 e. The van der Waals surface area contributed by atoms with Crippen molar-refractivity contribution in [2.24, 2.45) is 0 Å². The highest BCUT2D eigenvalue weighted by molar-refractivity contribution is 5.08. The summed E-state index contributed by atoms with van der Waals surface area (Å²) < 4.78 is 4.82. The third-order valence-electron chi connectivity index (χ3n) is 1.49. The van der Waals surface area contributed by atoms with Crippen LogP contribution in [0.15, 0.2) is 23.0 Å². The van der Waals surface area contributed by atoms with Gasteiger partial charge in [0.05, 0.1) is 18.6 Å². The normalized spacial score (nSPS) is 13.4. The second-order valence-electron chi connectivity index (χ2n) is 2.36. The van der Waals surface area contributed by atoms with Crippen molar-refractivity contribution in [1.29, 1.82) is 0 Å². The van der Waals surface area contributed by atoms with Gasteiger partial charge < -0.3 is 9.52 Å². The fourth-order valence-electron chi connectivity index (χ4n) is 0.905. The summed E-state index contributed by atoms with van der Waals surface area (Å²) in [5.41, 5.74) is 0.877. The molecule has 0 aliphatic heterocycles. The van der Waals surface area contributed by atoms with Crippen molar-refractivity contribution in [1.82, 2.24) is 0 Å². The molecular formula is C8H12O2. The molecule has 2 nitrogen and oxygen atoms in total. The standard InChI is InChI=1S/C8H12O2/c1-2-3-8(9)7-4-5-10-6-7/h4-6,8-9H,2-3H2,1H3/t8-/m0/s1. The first-order chi connectivity index (χ1) is 4.84. The van der Waals surface area contributed by atoms with Crippen LogP contribution in [0.2, 0.25) is 0 Å². The van der Waals surface area contributed by atoms with Crippen LogP contribution in [0.25, 0.3) is 0 Å². The Kier molecular flexibility index (Phi) is 2.51. The fourth-order valence-corrected chi connectivity index (χ4v) is 0.905. The van der Waals surface area contributed by atoms with E-state index >= 15 is 0 Å².